The molecule has 1 rings (SSSR count). The van der Waals surface area contributed by atoms with Gasteiger partial charge in [-0.05, 0) is 44.9 Å². The fourth-order valence-electron chi connectivity index (χ4n) is 4.78. The van der Waals surface area contributed by atoms with Crippen LogP contribution in [0.4, 0.5) is 0 Å². The lowest BCUT2D eigenvalue weighted by Gasteiger charge is -2.56. The van der Waals surface area contributed by atoms with E-state index < -0.39 is 0 Å². The van der Waals surface area contributed by atoms with Crippen LogP contribution in [-0.4, -0.2) is 11.6 Å². The Hall–Kier alpha value is -0.790. The zero-order valence-corrected chi connectivity index (χ0v) is 14.5. The van der Waals surface area contributed by atoms with Gasteiger partial charge in [-0.2, -0.15) is 0 Å². The molecule has 2 heteroatoms. The van der Waals surface area contributed by atoms with E-state index >= 15 is 0 Å². The molecule has 122 valence electrons. The van der Waals surface area contributed by atoms with Gasteiger partial charge in [-0.3, -0.25) is 0 Å². The summed E-state index contributed by atoms with van der Waals surface area (Å²) in [4.78, 5) is 11.9. The third-order valence-electron chi connectivity index (χ3n) is 5.56. The van der Waals surface area contributed by atoms with Crippen LogP contribution in [0.25, 0.3) is 0 Å². The minimum absolute atomic E-state index is 0.142. The van der Waals surface area contributed by atoms with Crippen LogP contribution >= 0.6 is 0 Å². The van der Waals surface area contributed by atoms with E-state index in [4.69, 9.17) is 4.74 Å². The zero-order chi connectivity index (χ0) is 15.9. The highest BCUT2D eigenvalue weighted by Crippen LogP contribution is 2.57. The lowest BCUT2D eigenvalue weighted by molar-refractivity contribution is -0.191. The van der Waals surface area contributed by atoms with E-state index in [1.54, 1.807) is 0 Å². The summed E-state index contributed by atoms with van der Waals surface area (Å²) in [5.41, 5.74) is -0.189. The molecule has 0 spiro atoms. The average molecular weight is 294 g/mol. The predicted molar refractivity (Wildman–Crippen MR) is 89.2 cm³/mol. The molecule has 0 amide bonds. The third kappa shape index (κ3) is 3.70. The van der Waals surface area contributed by atoms with Gasteiger partial charge in [-0.15, -0.1) is 0 Å². The molecule has 1 aliphatic carbocycles. The van der Waals surface area contributed by atoms with Crippen molar-refractivity contribution >= 4 is 5.97 Å². The molecule has 0 bridgehead atoms. The predicted octanol–water partition coefficient (Wildman–Crippen LogP) is 5.66. The fraction of sp³-hybridized carbons (Fsp3) is 0.842. The molecule has 1 fully saturated rings. The maximum Gasteiger partial charge on any atom is 0.330 e. The Labute approximate surface area is 131 Å². The van der Waals surface area contributed by atoms with E-state index in [0.717, 1.165) is 32.1 Å². The summed E-state index contributed by atoms with van der Waals surface area (Å²) in [5.74, 6) is 0.421. The molecule has 0 heterocycles. The number of hydrogen-bond acceptors (Lipinski definition) is 2. The van der Waals surface area contributed by atoms with Gasteiger partial charge in [-0.25, -0.2) is 4.79 Å². The molecule has 0 aromatic carbocycles. The summed E-state index contributed by atoms with van der Waals surface area (Å²) < 4.78 is 5.97. The van der Waals surface area contributed by atoms with Crippen molar-refractivity contribution in [2.45, 2.75) is 91.1 Å². The third-order valence-corrected chi connectivity index (χ3v) is 5.56. The van der Waals surface area contributed by atoms with Crippen molar-refractivity contribution in [2.75, 3.05) is 0 Å². The molecule has 0 aromatic rings. The fourth-order valence-corrected chi connectivity index (χ4v) is 4.78. The zero-order valence-electron chi connectivity index (χ0n) is 14.5. The minimum atomic E-state index is -0.331. The number of esters is 1. The van der Waals surface area contributed by atoms with Crippen LogP contribution in [-0.2, 0) is 9.53 Å². The topological polar surface area (TPSA) is 26.3 Å². The van der Waals surface area contributed by atoms with Crippen LogP contribution in [0, 0.1) is 11.3 Å². The molecule has 1 saturated carbocycles. The first kappa shape index (κ1) is 18.3. The maximum atomic E-state index is 11.9. The molecule has 0 radical (unpaired) electrons. The quantitative estimate of drug-likeness (QED) is 0.426. The molecule has 0 aliphatic heterocycles. The first-order chi connectivity index (χ1) is 9.99. The summed E-state index contributed by atoms with van der Waals surface area (Å²) >= 11 is 0. The molecule has 2 atom stereocenters. The summed E-state index contributed by atoms with van der Waals surface area (Å²) in [6, 6.07) is 0. The van der Waals surface area contributed by atoms with Gasteiger partial charge in [0, 0.05) is 11.5 Å². The van der Waals surface area contributed by atoms with Gasteiger partial charge in [0.15, 0.2) is 0 Å². The normalized spacial score (nSPS) is 28.1. The second-order valence-electron chi connectivity index (χ2n) is 6.89. The Morgan fingerprint density at radius 2 is 1.86 bits per heavy atom. The Morgan fingerprint density at radius 1 is 1.24 bits per heavy atom. The molecular formula is C19H34O2. The van der Waals surface area contributed by atoms with Crippen molar-refractivity contribution in [3.63, 3.8) is 0 Å². The number of carbonyl (C=O) groups is 1. The van der Waals surface area contributed by atoms with E-state index in [1.807, 2.05) is 0 Å². The van der Waals surface area contributed by atoms with Crippen molar-refractivity contribution in [1.82, 2.24) is 0 Å². The SMILES string of the molecule is C=CC(=O)OC1(C)CCCC(CCC)C1(CCC)CCC. The van der Waals surface area contributed by atoms with E-state index in [0.29, 0.717) is 5.92 Å². The number of hydrogen-bond donors (Lipinski definition) is 0. The van der Waals surface area contributed by atoms with Gasteiger partial charge in [-0.1, -0.05) is 53.0 Å². The lowest BCUT2D eigenvalue weighted by atomic mass is 9.53. The lowest BCUT2D eigenvalue weighted by Crippen LogP contribution is -2.55. The Bertz CT molecular complexity index is 339. The second kappa shape index (κ2) is 8.00. The van der Waals surface area contributed by atoms with Crippen molar-refractivity contribution in [3.8, 4) is 0 Å². The van der Waals surface area contributed by atoms with E-state index in [-0.39, 0.29) is 17.0 Å². The van der Waals surface area contributed by atoms with E-state index in [2.05, 4.69) is 34.3 Å². The van der Waals surface area contributed by atoms with Crippen molar-refractivity contribution < 1.29 is 9.53 Å². The van der Waals surface area contributed by atoms with Gasteiger partial charge < -0.3 is 4.74 Å². The van der Waals surface area contributed by atoms with Gasteiger partial charge >= 0.3 is 5.97 Å². The summed E-state index contributed by atoms with van der Waals surface area (Å²) in [6.45, 7) is 12.5. The van der Waals surface area contributed by atoms with Crippen LogP contribution in [0.1, 0.15) is 85.5 Å². The summed E-state index contributed by atoms with van der Waals surface area (Å²) in [5, 5.41) is 0. The van der Waals surface area contributed by atoms with Gasteiger partial charge in [0.2, 0.25) is 0 Å². The molecule has 2 unspecified atom stereocenters. The Morgan fingerprint density at radius 3 is 2.33 bits per heavy atom. The van der Waals surface area contributed by atoms with Crippen LogP contribution in [0.5, 0.6) is 0 Å². The molecule has 21 heavy (non-hydrogen) atoms. The highest BCUT2D eigenvalue weighted by Gasteiger charge is 2.55. The summed E-state index contributed by atoms with van der Waals surface area (Å²) in [7, 11) is 0. The molecular weight excluding hydrogens is 260 g/mol. The van der Waals surface area contributed by atoms with Crippen LogP contribution in [0.15, 0.2) is 12.7 Å². The summed E-state index contributed by atoms with van der Waals surface area (Å²) in [6.07, 6.45) is 11.9. The number of ether oxygens (including phenoxy) is 1. The van der Waals surface area contributed by atoms with Crippen molar-refractivity contribution in [3.05, 3.63) is 12.7 Å². The van der Waals surface area contributed by atoms with Gasteiger partial charge in [0.1, 0.15) is 5.60 Å². The van der Waals surface area contributed by atoms with E-state index in [9.17, 15) is 4.79 Å². The number of rotatable bonds is 8. The maximum absolute atomic E-state index is 11.9. The van der Waals surface area contributed by atoms with E-state index in [1.165, 1.54) is 31.8 Å². The van der Waals surface area contributed by atoms with Crippen LogP contribution < -0.4 is 0 Å². The van der Waals surface area contributed by atoms with Crippen molar-refractivity contribution in [1.29, 1.82) is 0 Å². The van der Waals surface area contributed by atoms with Gasteiger partial charge in [0.25, 0.3) is 0 Å². The molecule has 0 saturated heterocycles. The van der Waals surface area contributed by atoms with Crippen LogP contribution in [0.3, 0.4) is 0 Å². The molecule has 0 aromatic heterocycles. The average Bonchev–Trinajstić information content (AvgIpc) is 2.44. The molecule has 0 N–H and O–H groups in total. The standard InChI is InChI=1S/C19H34O2/c1-6-11-16-12-10-15-18(5,21-17(20)9-4)19(16,13-7-2)14-8-3/h9,16H,4,6-8,10-15H2,1-3,5H3. The van der Waals surface area contributed by atoms with Gasteiger partial charge in [0.05, 0.1) is 0 Å². The second-order valence-corrected chi connectivity index (χ2v) is 6.89. The molecule has 1 aliphatic rings. The van der Waals surface area contributed by atoms with Crippen LogP contribution in [0.2, 0.25) is 0 Å². The highest BCUT2D eigenvalue weighted by molar-refractivity contribution is 5.81. The smallest absolute Gasteiger partial charge is 0.330 e. The number of carbonyl (C=O) groups excluding carboxylic acids is 1. The van der Waals surface area contributed by atoms with Crippen molar-refractivity contribution in [2.24, 2.45) is 11.3 Å². The monoisotopic (exact) mass is 294 g/mol. The highest BCUT2D eigenvalue weighted by atomic mass is 16.6. The minimum Gasteiger partial charge on any atom is -0.456 e. The first-order valence-corrected chi connectivity index (χ1v) is 8.85. The largest absolute Gasteiger partial charge is 0.456 e. The first-order valence-electron chi connectivity index (χ1n) is 8.85. The Kier molecular flexibility index (Phi) is 6.96. The Balaban J connectivity index is 3.20. The molecule has 2 nitrogen and oxygen atoms in total.